The number of carbonyl (C=O) groups excluding carboxylic acids is 1. The molecule has 1 aliphatic carbocycles. The third-order valence-corrected chi connectivity index (χ3v) is 67.4. The van der Waals surface area contributed by atoms with Crippen LogP contribution in [0.15, 0.2) is 72.8 Å². The molecule has 0 aromatic heterocycles. The summed E-state index contributed by atoms with van der Waals surface area (Å²) in [5.41, 5.74) is 5.51. The van der Waals surface area contributed by atoms with Gasteiger partial charge in [0.2, 0.25) is 0 Å². The molecule has 0 saturated heterocycles. The van der Waals surface area contributed by atoms with E-state index >= 15 is 0 Å². The van der Waals surface area contributed by atoms with Crippen molar-refractivity contribution in [2.24, 2.45) is 0 Å². The van der Waals surface area contributed by atoms with E-state index in [1.165, 1.54) is 22.3 Å². The van der Waals surface area contributed by atoms with Crippen LogP contribution in [0.1, 0.15) is 21.5 Å². The van der Waals surface area contributed by atoms with E-state index in [0.717, 1.165) is 9.74 Å². The van der Waals surface area contributed by atoms with Crippen molar-refractivity contribution in [1.82, 2.24) is 3.30 Å². The van der Waals surface area contributed by atoms with Crippen LogP contribution in [0.25, 0.3) is 11.1 Å². The van der Waals surface area contributed by atoms with Gasteiger partial charge in [-0.2, -0.15) is 0 Å². The van der Waals surface area contributed by atoms with Crippen LogP contribution in [0, 0.1) is 0 Å². The van der Waals surface area contributed by atoms with E-state index < -0.39 is 21.6 Å². The fourth-order valence-corrected chi connectivity index (χ4v) is 29.0. The number of hydrogen-bond acceptors (Lipinski definition) is 1. The van der Waals surface area contributed by atoms with Gasteiger partial charge in [-0.3, -0.25) is 0 Å². The molecule has 0 spiro atoms. The second-order valence-corrected chi connectivity index (χ2v) is 63.0. The maximum atomic E-state index is 13.1. The van der Waals surface area contributed by atoms with E-state index in [-0.39, 0.29) is 5.91 Å². The molecule has 0 aliphatic heterocycles. The molecule has 0 atom stereocenters. The summed E-state index contributed by atoms with van der Waals surface area (Å²) in [6, 6.07) is 23.8. The predicted molar refractivity (Wildman–Crippen MR) is 119 cm³/mol. The second-order valence-electron chi connectivity index (χ2n) is 7.72. The molecule has 0 saturated carbocycles. The quantitative estimate of drug-likeness (QED) is 0.324. The van der Waals surface area contributed by atoms with Gasteiger partial charge in [0.1, 0.15) is 0 Å². The number of nitrogens with one attached hydrogen (secondary N) is 1. The van der Waals surface area contributed by atoms with Gasteiger partial charge >= 0.3 is 176 Å². The van der Waals surface area contributed by atoms with Crippen LogP contribution in [0.5, 0.6) is 0 Å². The van der Waals surface area contributed by atoms with E-state index in [1.54, 1.807) is 12.1 Å². The van der Waals surface area contributed by atoms with Gasteiger partial charge in [-0.1, -0.05) is 0 Å². The molecule has 1 N–H and O–H groups in total. The minimum atomic E-state index is -4.90. The summed E-state index contributed by atoms with van der Waals surface area (Å²) in [5, 5.41) is 0. The first kappa shape index (κ1) is 20.1. The summed E-state index contributed by atoms with van der Waals surface area (Å²) in [5.74, 6) is -1.81. The molecule has 1 amide bonds. The van der Waals surface area contributed by atoms with Crippen LogP contribution < -0.4 is 6.62 Å². The average Bonchev–Trinajstić information content (AvgIpc) is 3.07. The number of rotatable bonds is 4. The molecule has 3 aromatic rings. The molecule has 143 valence electrons. The molecular formula is C22H22Cl2HfNOSi. The third kappa shape index (κ3) is 3.24. The number of amides is 1. The topological polar surface area (TPSA) is 29.1 Å². The van der Waals surface area contributed by atoms with Gasteiger partial charge in [0, 0.05) is 0 Å². The van der Waals surface area contributed by atoms with E-state index in [0.29, 0.717) is 5.56 Å². The first-order valence-electron chi connectivity index (χ1n) is 9.46. The van der Waals surface area contributed by atoms with E-state index in [2.05, 4.69) is 52.8 Å². The summed E-state index contributed by atoms with van der Waals surface area (Å²) < 4.78 is 4.25. The molecule has 0 radical (unpaired) electrons. The van der Waals surface area contributed by atoms with Crippen LogP contribution in [0.4, 0.5) is 0 Å². The van der Waals surface area contributed by atoms with Gasteiger partial charge in [0.05, 0.1) is 0 Å². The zero-order chi connectivity index (χ0) is 20.0. The molecule has 3 aromatic carbocycles. The Morgan fingerprint density at radius 2 is 1.54 bits per heavy atom. The SMILES string of the molecule is C[SiH](C)[Hf]([Cl])([Cl])([NH]C(=O)c1ccccc1)[c]1cccc2c1Cc1ccccc1-2. The Kier molecular flexibility index (Phi) is 5.20. The van der Waals surface area contributed by atoms with Crippen molar-refractivity contribution in [3.05, 3.63) is 89.5 Å². The van der Waals surface area contributed by atoms with Crippen LogP contribution in [0.3, 0.4) is 0 Å². The molecule has 4 rings (SSSR count). The van der Waals surface area contributed by atoms with Crippen LogP contribution in [0.2, 0.25) is 13.1 Å². The zero-order valence-corrected chi connectivity index (χ0v) is 22.1. The Hall–Kier alpha value is -1.20. The monoisotopic (exact) mass is 594 g/mol. The van der Waals surface area contributed by atoms with Crippen LogP contribution in [-0.4, -0.2) is 11.9 Å². The molecular weight excluding hydrogens is 572 g/mol. The van der Waals surface area contributed by atoms with Crippen molar-refractivity contribution >= 4 is 32.4 Å². The van der Waals surface area contributed by atoms with Crippen molar-refractivity contribution in [2.45, 2.75) is 19.5 Å². The first-order valence-corrected chi connectivity index (χ1v) is 31.1. The first-order chi connectivity index (χ1) is 13.3. The number of benzene rings is 3. The van der Waals surface area contributed by atoms with Crippen molar-refractivity contribution in [1.29, 1.82) is 0 Å². The number of halogens is 2. The molecule has 2 nitrogen and oxygen atoms in total. The number of hydrogen-bond donors (Lipinski definition) is 1. The predicted octanol–water partition coefficient (Wildman–Crippen LogP) is 5.21. The van der Waals surface area contributed by atoms with Crippen LogP contribution in [-0.2, 0) is 22.0 Å². The van der Waals surface area contributed by atoms with Crippen molar-refractivity contribution in [3.63, 3.8) is 0 Å². The normalized spacial score (nSPS) is 14.1. The van der Waals surface area contributed by atoms with Crippen molar-refractivity contribution in [2.75, 3.05) is 0 Å². The van der Waals surface area contributed by atoms with Gasteiger partial charge < -0.3 is 0 Å². The zero-order valence-electron chi connectivity index (χ0n) is 15.9. The van der Waals surface area contributed by atoms with E-state index in [1.807, 2.05) is 24.3 Å². The fourth-order valence-electron chi connectivity index (χ4n) is 3.98. The molecule has 0 unspecified atom stereocenters. The number of carbonyl (C=O) groups is 1. The van der Waals surface area contributed by atoms with Gasteiger partial charge in [-0.25, -0.2) is 0 Å². The van der Waals surface area contributed by atoms with E-state index in [9.17, 15) is 4.79 Å². The third-order valence-electron chi connectivity index (χ3n) is 5.74. The molecule has 0 fully saturated rings. The Labute approximate surface area is 175 Å². The van der Waals surface area contributed by atoms with Gasteiger partial charge in [-0.15, -0.1) is 0 Å². The Morgan fingerprint density at radius 1 is 0.893 bits per heavy atom. The summed E-state index contributed by atoms with van der Waals surface area (Å²) in [6.07, 6.45) is 0.815. The molecule has 28 heavy (non-hydrogen) atoms. The van der Waals surface area contributed by atoms with Crippen molar-refractivity contribution < 1.29 is 20.4 Å². The summed E-state index contributed by atoms with van der Waals surface area (Å²) >= 11 is -4.90. The second kappa shape index (κ2) is 7.24. The van der Waals surface area contributed by atoms with Gasteiger partial charge in [-0.05, 0) is 0 Å². The van der Waals surface area contributed by atoms with E-state index in [4.69, 9.17) is 17.2 Å². The minimum absolute atomic E-state index is 0.171. The number of fused-ring (bicyclic) bond motifs is 3. The average molecular weight is 594 g/mol. The maximum absolute atomic E-state index is 13.1. The summed E-state index contributed by atoms with van der Waals surface area (Å²) in [6.45, 7) is 4.31. The Bertz CT molecular complexity index is 1070. The molecule has 1 aliphatic rings. The Morgan fingerprint density at radius 3 is 2.25 bits per heavy atom. The van der Waals surface area contributed by atoms with Crippen molar-refractivity contribution in [3.8, 4) is 11.1 Å². The fraction of sp³-hybridized carbons (Fsp3) is 0.136. The standard InChI is InChI=1S/C13H9.C7H7NO.C2H7Si.2ClH.Hf/c1-3-7-12-10(5-1)9-11-6-2-4-8-13(11)12;8-7(9)6-4-2-1-3-5-6;1-3-2;;;/h1-5,7-8H,9H2;1-5H,(H2,8,9);3H,1-2H3;2*1H;/q;;;;;+3/p-3. The summed E-state index contributed by atoms with van der Waals surface area (Å²) in [7, 11) is 14.9. The summed E-state index contributed by atoms with van der Waals surface area (Å²) in [4.78, 5) is 13.1. The Balaban J connectivity index is 1.84. The molecule has 6 heteroatoms. The molecule has 0 bridgehead atoms. The van der Waals surface area contributed by atoms with Gasteiger partial charge in [0.15, 0.2) is 0 Å². The molecule has 0 heterocycles. The van der Waals surface area contributed by atoms with Gasteiger partial charge in [0.25, 0.3) is 0 Å². The van der Waals surface area contributed by atoms with Crippen LogP contribution >= 0.6 is 17.2 Å².